The van der Waals surface area contributed by atoms with Gasteiger partial charge < -0.3 is 14.6 Å². The van der Waals surface area contributed by atoms with Crippen molar-refractivity contribution in [1.29, 1.82) is 0 Å². The summed E-state index contributed by atoms with van der Waals surface area (Å²) in [5, 5.41) is 9.67. The fourth-order valence-corrected chi connectivity index (χ4v) is 8.06. The summed E-state index contributed by atoms with van der Waals surface area (Å²) in [6, 6.07) is 0. The van der Waals surface area contributed by atoms with Crippen LogP contribution in [0, 0.1) is 0 Å². The largest absolute Gasteiger partial charge is 0.462 e. The van der Waals surface area contributed by atoms with E-state index < -0.39 is 6.10 Å². The van der Waals surface area contributed by atoms with Gasteiger partial charge in [0.2, 0.25) is 0 Å². The molecule has 0 bridgehead atoms. The Morgan fingerprint density at radius 2 is 0.556 bits per heavy atom. The molecule has 1 atom stereocenters. The lowest BCUT2D eigenvalue weighted by atomic mass is 10.0. The van der Waals surface area contributed by atoms with E-state index in [0.29, 0.717) is 12.8 Å². The van der Waals surface area contributed by atoms with E-state index in [2.05, 4.69) is 148 Å². The highest BCUT2D eigenvalue weighted by molar-refractivity contribution is 5.70. The molecule has 0 aromatic rings. The van der Waals surface area contributed by atoms with Gasteiger partial charge in [-0.05, 0) is 109 Å². The molecule has 0 radical (unpaired) electrons. The van der Waals surface area contributed by atoms with E-state index in [-0.39, 0.29) is 25.2 Å². The molecule has 0 aliphatic carbocycles. The van der Waals surface area contributed by atoms with Crippen LogP contribution in [0.2, 0.25) is 0 Å². The molecule has 0 saturated heterocycles. The van der Waals surface area contributed by atoms with Crippen LogP contribution in [-0.4, -0.2) is 36.4 Å². The molecular weight excluding hydrogens is 885 g/mol. The molecule has 408 valence electrons. The first-order valence-electron chi connectivity index (χ1n) is 29.7. The molecule has 0 spiro atoms. The normalized spacial score (nSPS) is 13.2. The van der Waals surface area contributed by atoms with Gasteiger partial charge in [0, 0.05) is 12.8 Å². The third-order valence-corrected chi connectivity index (χ3v) is 12.4. The van der Waals surface area contributed by atoms with Crippen molar-refractivity contribution in [2.75, 3.05) is 13.2 Å². The lowest BCUT2D eigenvalue weighted by Gasteiger charge is -2.15. The van der Waals surface area contributed by atoms with E-state index in [0.717, 1.165) is 116 Å². The number of carbonyl (C=O) groups excluding carboxylic acids is 2. The van der Waals surface area contributed by atoms with Crippen molar-refractivity contribution >= 4 is 11.9 Å². The predicted molar refractivity (Wildman–Crippen MR) is 315 cm³/mol. The van der Waals surface area contributed by atoms with Gasteiger partial charge in [-0.15, -0.1) is 0 Å². The van der Waals surface area contributed by atoms with E-state index in [1.165, 1.54) is 116 Å². The van der Waals surface area contributed by atoms with Crippen molar-refractivity contribution in [2.24, 2.45) is 0 Å². The summed E-state index contributed by atoms with van der Waals surface area (Å²) in [6.07, 6.45) is 91.4. The molecule has 1 N–H and O–H groups in total. The van der Waals surface area contributed by atoms with E-state index in [9.17, 15) is 14.7 Å². The van der Waals surface area contributed by atoms with Crippen LogP contribution in [-0.2, 0) is 19.1 Å². The number of ether oxygens (including phenoxy) is 2. The Morgan fingerprint density at radius 1 is 0.319 bits per heavy atom. The number of rotatable bonds is 53. The van der Waals surface area contributed by atoms with Gasteiger partial charge in [-0.25, -0.2) is 0 Å². The number of carbonyl (C=O) groups is 2. The maximum Gasteiger partial charge on any atom is 0.306 e. The maximum absolute atomic E-state index is 12.3. The van der Waals surface area contributed by atoms with Crippen LogP contribution in [0.25, 0.3) is 0 Å². The molecular formula is C67H110O5. The van der Waals surface area contributed by atoms with Crippen LogP contribution in [0.1, 0.15) is 258 Å². The van der Waals surface area contributed by atoms with Crippen molar-refractivity contribution in [2.45, 2.75) is 264 Å². The minimum Gasteiger partial charge on any atom is -0.462 e. The van der Waals surface area contributed by atoms with Gasteiger partial charge in [0.05, 0.1) is 6.61 Å². The van der Waals surface area contributed by atoms with Crippen LogP contribution >= 0.6 is 0 Å². The van der Waals surface area contributed by atoms with E-state index >= 15 is 0 Å². The number of aliphatic hydroxyl groups is 1. The van der Waals surface area contributed by atoms with Crippen LogP contribution < -0.4 is 0 Å². The van der Waals surface area contributed by atoms with Crippen molar-refractivity contribution in [3.63, 3.8) is 0 Å². The topological polar surface area (TPSA) is 72.8 Å². The Hall–Kier alpha value is -3.96. The van der Waals surface area contributed by atoms with E-state index in [4.69, 9.17) is 9.47 Å². The molecule has 72 heavy (non-hydrogen) atoms. The monoisotopic (exact) mass is 995 g/mol. The first kappa shape index (κ1) is 68.0. The fourth-order valence-electron chi connectivity index (χ4n) is 8.06. The molecule has 0 aromatic carbocycles. The molecule has 0 aliphatic heterocycles. The minimum absolute atomic E-state index is 0.0758. The van der Waals surface area contributed by atoms with Gasteiger partial charge >= 0.3 is 11.9 Å². The van der Waals surface area contributed by atoms with E-state index in [1.807, 2.05) is 0 Å². The van der Waals surface area contributed by atoms with Gasteiger partial charge in [-0.3, -0.25) is 9.59 Å². The quantitative estimate of drug-likeness (QED) is 0.0373. The number of hydrogen-bond acceptors (Lipinski definition) is 5. The third kappa shape index (κ3) is 58.6. The molecule has 5 heteroatoms. The SMILES string of the molecule is CC/C=C\C/C=C\C/C=C\C/C=C\C/C=C\C/C=C\CCCCCCCCCCC(=O)OC(CO)COC(=O)CCCCCCCCCCCCCCCCC/C=C\C/C=C\C/C=C\C/C=C\C/C=C\CC. The van der Waals surface area contributed by atoms with Gasteiger partial charge in [0.25, 0.3) is 0 Å². The summed E-state index contributed by atoms with van der Waals surface area (Å²) in [6.45, 7) is 3.91. The van der Waals surface area contributed by atoms with Crippen LogP contribution in [0.5, 0.6) is 0 Å². The molecule has 5 nitrogen and oxygen atoms in total. The minimum atomic E-state index is -0.787. The third-order valence-electron chi connectivity index (χ3n) is 12.4. The molecule has 0 aliphatic rings. The van der Waals surface area contributed by atoms with Crippen LogP contribution in [0.3, 0.4) is 0 Å². The van der Waals surface area contributed by atoms with Gasteiger partial charge in [0.15, 0.2) is 6.10 Å². The highest BCUT2D eigenvalue weighted by atomic mass is 16.6. The van der Waals surface area contributed by atoms with Crippen molar-refractivity contribution in [1.82, 2.24) is 0 Å². The number of aliphatic hydroxyl groups excluding tert-OH is 1. The summed E-state index contributed by atoms with van der Waals surface area (Å²) in [4.78, 5) is 24.6. The average Bonchev–Trinajstić information content (AvgIpc) is 3.38. The summed E-state index contributed by atoms with van der Waals surface area (Å²) in [5.74, 6) is -0.603. The number of esters is 2. The zero-order chi connectivity index (χ0) is 52.0. The van der Waals surface area contributed by atoms with Gasteiger partial charge in [-0.1, -0.05) is 270 Å². The Morgan fingerprint density at radius 3 is 0.833 bits per heavy atom. The second-order valence-corrected chi connectivity index (χ2v) is 19.3. The number of hydrogen-bond donors (Lipinski definition) is 1. The number of unbranched alkanes of at least 4 members (excludes halogenated alkanes) is 23. The maximum atomic E-state index is 12.3. The van der Waals surface area contributed by atoms with Crippen molar-refractivity contribution < 1.29 is 24.2 Å². The predicted octanol–water partition coefficient (Wildman–Crippen LogP) is 20.4. The van der Waals surface area contributed by atoms with Crippen LogP contribution in [0.15, 0.2) is 134 Å². The Kier molecular flexibility index (Phi) is 58.0. The van der Waals surface area contributed by atoms with Gasteiger partial charge in [-0.2, -0.15) is 0 Å². The first-order chi connectivity index (χ1) is 35.6. The Bertz CT molecular complexity index is 1500. The molecule has 0 heterocycles. The average molecular weight is 996 g/mol. The summed E-state index contributed by atoms with van der Waals surface area (Å²) in [5.41, 5.74) is 0. The standard InChI is InChI=1S/C67H110O5/c1-3-5-7-9-11-13-15-17-19-21-23-25-27-29-31-32-33-34-36-37-39-41-43-45-47-49-51-53-55-57-59-61-66(69)71-64-65(63-68)72-67(70)62-60-58-56-54-52-50-48-46-44-42-40-38-35-30-28-26-24-22-20-18-16-14-12-10-8-6-4-2/h5-8,11-14,17-20,23-26,29-31,35,40,42,65,68H,3-4,9-10,15-16,21-22,27-28,32-34,36-39,41,43-64H2,1-2H3/b7-5-,8-6-,13-11-,14-12-,19-17-,20-18-,25-23-,26-24-,31-29-,35-30-,42-40-. The second kappa shape index (κ2) is 61.3. The first-order valence-corrected chi connectivity index (χ1v) is 29.7. The summed E-state index contributed by atoms with van der Waals surface area (Å²) >= 11 is 0. The lowest BCUT2D eigenvalue weighted by Crippen LogP contribution is -2.28. The fraction of sp³-hybridized carbons (Fsp3) is 0.642. The summed E-state index contributed by atoms with van der Waals surface area (Å²) in [7, 11) is 0. The zero-order valence-electron chi connectivity index (χ0n) is 46.6. The highest BCUT2D eigenvalue weighted by Crippen LogP contribution is 2.16. The molecule has 1 unspecified atom stereocenters. The molecule has 0 rings (SSSR count). The molecule has 0 fully saturated rings. The molecule has 0 aromatic heterocycles. The smallest absolute Gasteiger partial charge is 0.306 e. The molecule has 0 amide bonds. The lowest BCUT2D eigenvalue weighted by molar-refractivity contribution is -0.161. The second-order valence-electron chi connectivity index (χ2n) is 19.3. The Balaban J connectivity index is 3.53. The van der Waals surface area contributed by atoms with Crippen molar-refractivity contribution in [3.05, 3.63) is 134 Å². The van der Waals surface area contributed by atoms with E-state index in [1.54, 1.807) is 0 Å². The van der Waals surface area contributed by atoms with Gasteiger partial charge in [0.1, 0.15) is 6.61 Å². The Labute approximate surface area is 445 Å². The number of allylic oxidation sites excluding steroid dienone is 22. The molecule has 0 saturated carbocycles. The van der Waals surface area contributed by atoms with Crippen molar-refractivity contribution in [3.8, 4) is 0 Å². The summed E-state index contributed by atoms with van der Waals surface area (Å²) < 4.78 is 10.7. The zero-order valence-corrected chi connectivity index (χ0v) is 46.6. The van der Waals surface area contributed by atoms with Crippen LogP contribution in [0.4, 0.5) is 0 Å². The highest BCUT2D eigenvalue weighted by Gasteiger charge is 2.16.